The van der Waals surface area contributed by atoms with Gasteiger partial charge >= 0.3 is 21.4 Å². The fourth-order valence-corrected chi connectivity index (χ4v) is 7.37. The third kappa shape index (κ3) is 5.71. The zero-order valence-corrected chi connectivity index (χ0v) is 27.0. The molecule has 0 spiro atoms. The van der Waals surface area contributed by atoms with Crippen molar-refractivity contribution in [3.63, 3.8) is 0 Å². The second-order valence-electron chi connectivity index (χ2n) is 12.5. The van der Waals surface area contributed by atoms with Crippen LogP contribution in [0, 0.1) is 11.8 Å². The van der Waals surface area contributed by atoms with E-state index in [1.807, 2.05) is 152 Å². The van der Waals surface area contributed by atoms with E-state index in [-0.39, 0.29) is 23.7 Å². The number of para-hydroxylation sites is 5. The fourth-order valence-electron chi connectivity index (χ4n) is 7.37. The van der Waals surface area contributed by atoms with Gasteiger partial charge in [0.05, 0.1) is 11.8 Å². The molecule has 2 N–H and O–H groups in total. The second kappa shape index (κ2) is 13.4. The molecule has 2 saturated heterocycles. The number of allylic oxidation sites excluding steroid dienone is 2. The molecular weight excluding hydrogens is 605 g/mol. The molecule has 0 radical (unpaired) electrons. The lowest BCUT2D eigenvalue weighted by molar-refractivity contribution is -0.134. The number of imide groups is 1. The third-order valence-corrected chi connectivity index (χ3v) is 9.63. The largest absolute Gasteiger partial charge is 0.494 e. The normalized spacial score (nSPS) is 19.0. The van der Waals surface area contributed by atoms with Gasteiger partial charge in [-0.3, -0.25) is 14.4 Å². The van der Waals surface area contributed by atoms with Crippen LogP contribution < -0.4 is 24.6 Å². The molecular formula is C38H35B3N6O2. The first-order valence-electron chi connectivity index (χ1n) is 16.8. The maximum atomic E-state index is 14.6. The summed E-state index contributed by atoms with van der Waals surface area (Å²) >= 11 is 0. The minimum atomic E-state index is -0.835. The minimum absolute atomic E-state index is 0.142. The van der Waals surface area contributed by atoms with Crippen molar-refractivity contribution in [2.24, 2.45) is 11.8 Å². The Kier molecular flexibility index (Phi) is 8.31. The molecule has 8 rings (SSSR count). The number of rotatable bonds is 8. The Morgan fingerprint density at radius 3 is 1.14 bits per heavy atom. The number of carbonyl (C=O) groups is 2. The summed E-state index contributed by atoms with van der Waals surface area (Å²) in [4.78, 5) is 30.8. The lowest BCUT2D eigenvalue weighted by atomic mass is 9.53. The molecule has 2 aliphatic heterocycles. The van der Waals surface area contributed by atoms with Crippen LogP contribution >= 0.6 is 0 Å². The molecule has 2 heterocycles. The smallest absolute Gasteiger partial charge is 0.391 e. The summed E-state index contributed by atoms with van der Waals surface area (Å²) in [5.41, 5.74) is 4.46. The zero-order valence-electron chi connectivity index (χ0n) is 27.0. The molecule has 8 nitrogen and oxygen atoms in total. The van der Waals surface area contributed by atoms with Crippen LogP contribution in [0.3, 0.4) is 0 Å². The third-order valence-electron chi connectivity index (χ3n) is 9.63. The molecule has 2 amide bonds. The Morgan fingerprint density at radius 1 is 0.449 bits per heavy atom. The first-order valence-corrected chi connectivity index (χ1v) is 16.8. The zero-order chi connectivity index (χ0) is 33.2. The first kappa shape index (κ1) is 30.5. The number of hydrogen-bond acceptors (Lipinski definition) is 7. The molecule has 3 aliphatic rings. The average Bonchev–Trinajstić information content (AvgIpc) is 3.42. The van der Waals surface area contributed by atoms with Crippen LogP contribution in [0.25, 0.3) is 0 Å². The van der Waals surface area contributed by atoms with Crippen molar-refractivity contribution in [1.82, 2.24) is 4.81 Å². The van der Waals surface area contributed by atoms with E-state index in [2.05, 4.69) is 36.8 Å². The molecule has 1 aliphatic carbocycles. The summed E-state index contributed by atoms with van der Waals surface area (Å²) in [6.45, 7) is 0. The molecule has 11 heteroatoms. The Hall–Kier alpha value is -5.83. The SMILES string of the molecule is O=C1C2CC=CCC2C(=O)N1B1N(c2ccccc2)B(Nc2ccccc2)N(c2ccccc2)B(Nc2ccccc2)N1c1ccccc1. The number of fused-ring (bicyclic) bond motifs is 1. The van der Waals surface area contributed by atoms with Gasteiger partial charge in [-0.05, 0) is 73.5 Å². The van der Waals surface area contributed by atoms with Gasteiger partial charge in [0.25, 0.3) is 0 Å². The summed E-state index contributed by atoms with van der Waals surface area (Å²) in [5.74, 6) is -1.06. The highest BCUT2D eigenvalue weighted by Crippen LogP contribution is 2.41. The number of amides is 2. The Morgan fingerprint density at radius 2 is 0.776 bits per heavy atom. The Labute approximate surface area is 288 Å². The summed E-state index contributed by atoms with van der Waals surface area (Å²) in [7, 11) is -1.97. The van der Waals surface area contributed by atoms with Gasteiger partial charge in [0, 0.05) is 28.4 Å². The van der Waals surface area contributed by atoms with E-state index in [1.165, 1.54) is 0 Å². The Bertz CT molecular complexity index is 1810. The standard InChI is InChI=1S/C38H35B3N6O2/c48-37-35-28-16-17-29-36(35)38(49)44(37)41-46(33-24-12-4-13-25-33)39(42-30-18-6-1-7-19-30)45(32-22-10-3-11-23-32)40(43-31-20-8-2-9-21-31)47(41)34-26-14-5-15-27-34/h1-27,35-36,42-43H,28-29H2. The molecule has 2 atom stereocenters. The second-order valence-corrected chi connectivity index (χ2v) is 12.5. The molecule has 0 saturated carbocycles. The predicted molar refractivity (Wildman–Crippen MR) is 201 cm³/mol. The van der Waals surface area contributed by atoms with E-state index in [0.29, 0.717) is 12.8 Å². The van der Waals surface area contributed by atoms with E-state index < -0.39 is 21.4 Å². The van der Waals surface area contributed by atoms with Crippen LogP contribution in [0.1, 0.15) is 12.8 Å². The maximum absolute atomic E-state index is 14.6. The van der Waals surface area contributed by atoms with Crippen molar-refractivity contribution in [3.05, 3.63) is 164 Å². The van der Waals surface area contributed by atoms with Gasteiger partial charge in [-0.1, -0.05) is 103 Å². The topological polar surface area (TPSA) is 71.2 Å². The highest BCUT2D eigenvalue weighted by molar-refractivity contribution is 7.07. The van der Waals surface area contributed by atoms with Crippen LogP contribution in [0.4, 0.5) is 28.4 Å². The van der Waals surface area contributed by atoms with Crippen LogP contribution in [0.15, 0.2) is 164 Å². The van der Waals surface area contributed by atoms with E-state index >= 15 is 0 Å². The number of nitrogens with zero attached hydrogens (tertiary/aromatic N) is 4. The molecule has 0 bridgehead atoms. The highest BCUT2D eigenvalue weighted by atomic mass is 16.2. The Balaban J connectivity index is 1.41. The van der Waals surface area contributed by atoms with E-state index in [0.717, 1.165) is 28.4 Å². The molecule has 5 aromatic carbocycles. The van der Waals surface area contributed by atoms with E-state index in [9.17, 15) is 9.59 Å². The molecule has 5 aromatic rings. The van der Waals surface area contributed by atoms with E-state index in [4.69, 9.17) is 0 Å². The number of hydrogen-bond donors (Lipinski definition) is 2. The van der Waals surface area contributed by atoms with Gasteiger partial charge < -0.3 is 24.6 Å². The fraction of sp³-hybridized carbons (Fsp3) is 0.105. The minimum Gasteiger partial charge on any atom is -0.391 e. The van der Waals surface area contributed by atoms with Gasteiger partial charge in [0.2, 0.25) is 11.8 Å². The van der Waals surface area contributed by atoms with Gasteiger partial charge in [0.15, 0.2) is 0 Å². The van der Waals surface area contributed by atoms with Crippen molar-refractivity contribution < 1.29 is 9.59 Å². The van der Waals surface area contributed by atoms with Crippen LogP contribution in [0.5, 0.6) is 0 Å². The van der Waals surface area contributed by atoms with Gasteiger partial charge in [-0.15, -0.1) is 0 Å². The quantitative estimate of drug-likeness (QED) is 0.112. The molecule has 49 heavy (non-hydrogen) atoms. The number of anilines is 5. The van der Waals surface area contributed by atoms with Crippen molar-refractivity contribution in [1.29, 1.82) is 0 Å². The van der Waals surface area contributed by atoms with Crippen LogP contribution in [-0.4, -0.2) is 38.0 Å². The number of nitrogens with one attached hydrogen (secondary N) is 2. The van der Waals surface area contributed by atoms with Crippen LogP contribution in [-0.2, 0) is 9.59 Å². The maximum Gasteiger partial charge on any atom is 0.494 e. The summed E-state index contributed by atoms with van der Waals surface area (Å²) in [6.07, 6.45) is 5.19. The van der Waals surface area contributed by atoms with E-state index in [1.54, 1.807) is 4.81 Å². The van der Waals surface area contributed by atoms with Crippen molar-refractivity contribution in [2.45, 2.75) is 12.8 Å². The average molecular weight is 640 g/mol. The number of carbonyl (C=O) groups excluding carboxylic acids is 2. The predicted octanol–water partition coefficient (Wildman–Crippen LogP) is 6.65. The highest BCUT2D eigenvalue weighted by Gasteiger charge is 2.63. The monoisotopic (exact) mass is 640 g/mol. The summed E-state index contributed by atoms with van der Waals surface area (Å²) in [5, 5.41) is 7.67. The van der Waals surface area contributed by atoms with Gasteiger partial charge in [0.1, 0.15) is 0 Å². The lowest BCUT2D eigenvalue weighted by Gasteiger charge is -2.56. The van der Waals surface area contributed by atoms with Crippen LogP contribution in [0.2, 0.25) is 0 Å². The van der Waals surface area contributed by atoms with Crippen molar-refractivity contribution >= 4 is 61.6 Å². The molecule has 2 unspecified atom stereocenters. The number of benzene rings is 5. The lowest BCUT2D eigenvalue weighted by Crippen LogP contribution is -2.86. The van der Waals surface area contributed by atoms with Gasteiger partial charge in [-0.2, -0.15) is 0 Å². The molecule has 0 aromatic heterocycles. The first-order chi connectivity index (χ1) is 24.2. The van der Waals surface area contributed by atoms with Crippen molar-refractivity contribution in [2.75, 3.05) is 24.6 Å². The molecule has 238 valence electrons. The van der Waals surface area contributed by atoms with Crippen molar-refractivity contribution in [3.8, 4) is 0 Å². The van der Waals surface area contributed by atoms with Gasteiger partial charge in [-0.25, -0.2) is 0 Å². The molecule has 2 fully saturated rings. The summed E-state index contributed by atoms with van der Waals surface area (Å²) < 4.78 is 6.64. The summed E-state index contributed by atoms with van der Waals surface area (Å²) in [6, 6.07) is 50.6.